The van der Waals surface area contributed by atoms with Crippen LogP contribution in [0.4, 0.5) is 4.39 Å². The molecule has 0 spiro atoms. The summed E-state index contributed by atoms with van der Waals surface area (Å²) in [4.78, 5) is 0. The molecule has 0 aliphatic carbocycles. The standard InChI is InChI=1S/C7H9BFNO2/c9-7-2-1-6(8(11)12)3-5(7)4-10/h1-3,11-12H,4,10H2. The van der Waals surface area contributed by atoms with Crippen molar-refractivity contribution in [3.8, 4) is 0 Å². The fourth-order valence-corrected chi connectivity index (χ4v) is 0.912. The molecule has 0 bridgehead atoms. The van der Waals surface area contributed by atoms with Crippen LogP contribution in [-0.4, -0.2) is 17.2 Å². The van der Waals surface area contributed by atoms with Gasteiger partial charge in [0.2, 0.25) is 0 Å². The maximum Gasteiger partial charge on any atom is 0.488 e. The van der Waals surface area contributed by atoms with Gasteiger partial charge in [-0.05, 0) is 11.5 Å². The highest BCUT2D eigenvalue weighted by atomic mass is 19.1. The molecule has 4 N–H and O–H groups in total. The van der Waals surface area contributed by atoms with E-state index in [1.54, 1.807) is 0 Å². The maximum absolute atomic E-state index is 12.8. The van der Waals surface area contributed by atoms with E-state index in [0.717, 1.165) is 6.07 Å². The molecule has 5 heteroatoms. The van der Waals surface area contributed by atoms with Crippen molar-refractivity contribution in [2.24, 2.45) is 5.73 Å². The van der Waals surface area contributed by atoms with Gasteiger partial charge in [0.15, 0.2) is 0 Å². The molecule has 12 heavy (non-hydrogen) atoms. The van der Waals surface area contributed by atoms with Crippen molar-refractivity contribution in [3.63, 3.8) is 0 Å². The van der Waals surface area contributed by atoms with E-state index in [0.29, 0.717) is 0 Å². The van der Waals surface area contributed by atoms with Crippen LogP contribution in [0.3, 0.4) is 0 Å². The lowest BCUT2D eigenvalue weighted by Gasteiger charge is -2.03. The monoisotopic (exact) mass is 169 g/mol. The van der Waals surface area contributed by atoms with Crippen LogP contribution in [0.5, 0.6) is 0 Å². The minimum Gasteiger partial charge on any atom is -0.423 e. The molecule has 0 heterocycles. The molecule has 0 atom stereocenters. The molecule has 1 aromatic carbocycles. The van der Waals surface area contributed by atoms with Crippen molar-refractivity contribution in [3.05, 3.63) is 29.6 Å². The number of rotatable bonds is 2. The number of hydrogen-bond donors (Lipinski definition) is 3. The number of halogens is 1. The Morgan fingerprint density at radius 1 is 1.42 bits per heavy atom. The van der Waals surface area contributed by atoms with Gasteiger partial charge >= 0.3 is 7.12 Å². The summed E-state index contributed by atoms with van der Waals surface area (Å²) in [6.45, 7) is 0.0480. The third-order valence-electron chi connectivity index (χ3n) is 1.59. The normalized spacial score (nSPS) is 10.0. The fourth-order valence-electron chi connectivity index (χ4n) is 0.912. The van der Waals surface area contributed by atoms with Gasteiger partial charge in [0.05, 0.1) is 0 Å². The van der Waals surface area contributed by atoms with E-state index < -0.39 is 12.9 Å². The molecular formula is C7H9BFNO2. The topological polar surface area (TPSA) is 66.5 Å². The van der Waals surface area contributed by atoms with Gasteiger partial charge in [-0.2, -0.15) is 0 Å². The van der Waals surface area contributed by atoms with Gasteiger partial charge < -0.3 is 15.8 Å². The van der Waals surface area contributed by atoms with E-state index in [1.807, 2.05) is 0 Å². The highest BCUT2D eigenvalue weighted by Gasteiger charge is 2.12. The maximum atomic E-state index is 12.8. The Morgan fingerprint density at radius 3 is 2.58 bits per heavy atom. The van der Waals surface area contributed by atoms with E-state index >= 15 is 0 Å². The molecule has 0 fully saturated rings. The molecule has 64 valence electrons. The third-order valence-corrected chi connectivity index (χ3v) is 1.59. The van der Waals surface area contributed by atoms with Gasteiger partial charge in [-0.3, -0.25) is 0 Å². The van der Waals surface area contributed by atoms with Gasteiger partial charge in [-0.1, -0.05) is 12.1 Å². The first-order valence-electron chi connectivity index (χ1n) is 3.49. The molecule has 0 aromatic heterocycles. The second-order valence-electron chi connectivity index (χ2n) is 2.43. The Bertz CT molecular complexity index is 280. The third kappa shape index (κ3) is 1.82. The highest BCUT2D eigenvalue weighted by Crippen LogP contribution is 2.03. The number of hydrogen-bond acceptors (Lipinski definition) is 3. The first kappa shape index (κ1) is 9.19. The molecule has 0 aliphatic rings. The second-order valence-corrected chi connectivity index (χ2v) is 2.43. The molecule has 0 radical (unpaired) electrons. The van der Waals surface area contributed by atoms with E-state index in [1.165, 1.54) is 12.1 Å². The lowest BCUT2D eigenvalue weighted by Crippen LogP contribution is -2.30. The van der Waals surface area contributed by atoms with Crippen LogP contribution >= 0.6 is 0 Å². The summed E-state index contributed by atoms with van der Waals surface area (Å²) in [6, 6.07) is 3.80. The predicted molar refractivity (Wildman–Crippen MR) is 44.1 cm³/mol. The minimum absolute atomic E-state index is 0.0480. The molecule has 0 amide bonds. The van der Waals surface area contributed by atoms with E-state index in [2.05, 4.69) is 0 Å². The summed E-state index contributed by atoms with van der Waals surface area (Å²) < 4.78 is 12.8. The van der Waals surface area contributed by atoms with Crippen LogP contribution in [0.15, 0.2) is 18.2 Å². The lowest BCUT2D eigenvalue weighted by molar-refractivity contribution is 0.425. The quantitative estimate of drug-likeness (QED) is 0.495. The van der Waals surface area contributed by atoms with Crippen LogP contribution in [0.25, 0.3) is 0 Å². The molecule has 0 saturated carbocycles. The van der Waals surface area contributed by atoms with Crippen molar-refractivity contribution in [1.29, 1.82) is 0 Å². The van der Waals surface area contributed by atoms with Gasteiger partial charge in [0.1, 0.15) is 5.82 Å². The Morgan fingerprint density at radius 2 is 2.08 bits per heavy atom. The van der Waals surface area contributed by atoms with Gasteiger partial charge in [-0.25, -0.2) is 4.39 Å². The van der Waals surface area contributed by atoms with Gasteiger partial charge in [0.25, 0.3) is 0 Å². The summed E-state index contributed by atoms with van der Waals surface area (Å²) in [7, 11) is -1.57. The molecule has 0 aliphatic heterocycles. The zero-order chi connectivity index (χ0) is 9.14. The Labute approximate surface area is 69.8 Å². The largest absolute Gasteiger partial charge is 0.488 e. The zero-order valence-corrected chi connectivity index (χ0v) is 6.37. The minimum atomic E-state index is -1.57. The molecule has 0 saturated heterocycles. The summed E-state index contributed by atoms with van der Waals surface area (Å²) in [6.07, 6.45) is 0. The Hall–Kier alpha value is -0.905. The second kappa shape index (κ2) is 3.66. The van der Waals surface area contributed by atoms with Crippen molar-refractivity contribution in [1.82, 2.24) is 0 Å². The fraction of sp³-hybridized carbons (Fsp3) is 0.143. The van der Waals surface area contributed by atoms with Crippen LogP contribution in [0, 0.1) is 5.82 Å². The van der Waals surface area contributed by atoms with Crippen molar-refractivity contribution >= 4 is 12.6 Å². The summed E-state index contributed by atoms with van der Waals surface area (Å²) in [5, 5.41) is 17.5. The first-order chi connectivity index (χ1) is 5.65. The SMILES string of the molecule is NCc1cc(B(O)O)ccc1F. The van der Waals surface area contributed by atoms with Gasteiger partial charge in [0, 0.05) is 12.1 Å². The molecule has 3 nitrogen and oxygen atoms in total. The van der Waals surface area contributed by atoms with Crippen molar-refractivity contribution < 1.29 is 14.4 Å². The summed E-state index contributed by atoms with van der Waals surface area (Å²) in [5.41, 5.74) is 5.74. The van der Waals surface area contributed by atoms with E-state index in [9.17, 15) is 4.39 Å². The zero-order valence-electron chi connectivity index (χ0n) is 6.37. The van der Waals surface area contributed by atoms with E-state index in [4.69, 9.17) is 15.8 Å². The van der Waals surface area contributed by atoms with Crippen LogP contribution in [0.2, 0.25) is 0 Å². The number of nitrogens with two attached hydrogens (primary N) is 1. The predicted octanol–water partition coefficient (Wildman–Crippen LogP) is -1.04. The molecule has 0 unspecified atom stereocenters. The summed E-state index contributed by atoms with van der Waals surface area (Å²) in [5.74, 6) is -0.429. The smallest absolute Gasteiger partial charge is 0.423 e. The van der Waals surface area contributed by atoms with Crippen LogP contribution < -0.4 is 11.2 Å². The Kier molecular flexibility index (Phi) is 2.81. The lowest BCUT2D eigenvalue weighted by atomic mass is 9.79. The van der Waals surface area contributed by atoms with Crippen LogP contribution in [0.1, 0.15) is 5.56 Å². The molecule has 1 aromatic rings. The Balaban J connectivity index is 3.05. The molecule has 1 rings (SSSR count). The first-order valence-corrected chi connectivity index (χ1v) is 3.49. The van der Waals surface area contributed by atoms with Crippen LogP contribution in [-0.2, 0) is 6.54 Å². The number of benzene rings is 1. The average molecular weight is 169 g/mol. The van der Waals surface area contributed by atoms with Gasteiger partial charge in [-0.15, -0.1) is 0 Å². The highest BCUT2D eigenvalue weighted by molar-refractivity contribution is 6.58. The van der Waals surface area contributed by atoms with Crippen molar-refractivity contribution in [2.75, 3.05) is 0 Å². The van der Waals surface area contributed by atoms with Crippen molar-refractivity contribution in [2.45, 2.75) is 6.54 Å². The molecular weight excluding hydrogens is 160 g/mol. The van der Waals surface area contributed by atoms with E-state index in [-0.39, 0.29) is 17.6 Å². The summed E-state index contributed by atoms with van der Waals surface area (Å²) >= 11 is 0. The average Bonchev–Trinajstić information content (AvgIpc) is 2.05.